The molecule has 1 heterocycles. The smallest absolute Gasteiger partial charge is 0.378 e. The Bertz CT molecular complexity index is 710. The average Bonchev–Trinajstić information content (AvgIpc) is 2.78. The molecule has 1 aliphatic heterocycles. The van der Waals surface area contributed by atoms with Crippen LogP contribution < -0.4 is 0 Å². The lowest BCUT2D eigenvalue weighted by atomic mass is 9.65. The molecule has 4 fully saturated rings. The number of halogens is 9. The number of hydrogen-bond donors (Lipinski definition) is 0. The molecular weight excluding hydrogens is 515 g/mol. The highest BCUT2D eigenvalue weighted by Gasteiger charge is 2.58. The normalized spacial score (nSPS) is 46.5. The SMILES string of the molecule is CC1CCC(C2CC(F)C(C3CC(F)C(C(F)(F)OC4CCC(C(F)(F)F)CC4)C(F)C3)C(F)C2)OC1. The zero-order valence-electron chi connectivity index (χ0n) is 20.9. The first kappa shape index (κ1) is 29.3. The topological polar surface area (TPSA) is 18.5 Å². The molecule has 0 radical (unpaired) electrons. The fourth-order valence-electron chi connectivity index (χ4n) is 7.12. The van der Waals surface area contributed by atoms with Gasteiger partial charge in [-0.25, -0.2) is 17.6 Å². The van der Waals surface area contributed by atoms with Crippen LogP contribution >= 0.6 is 0 Å². The first-order valence-corrected chi connectivity index (χ1v) is 13.6. The van der Waals surface area contributed by atoms with Crippen molar-refractivity contribution in [3.05, 3.63) is 0 Å². The van der Waals surface area contributed by atoms with Gasteiger partial charge in [-0.1, -0.05) is 6.92 Å². The molecule has 37 heavy (non-hydrogen) atoms. The molecule has 6 atom stereocenters. The molecular formula is C26H37F9O2. The first-order chi connectivity index (χ1) is 17.3. The van der Waals surface area contributed by atoms with Crippen molar-refractivity contribution in [2.45, 2.75) is 120 Å². The molecule has 0 amide bonds. The minimum atomic E-state index is -4.43. The molecule has 0 spiro atoms. The quantitative estimate of drug-likeness (QED) is 0.323. The van der Waals surface area contributed by atoms with E-state index in [0.29, 0.717) is 18.9 Å². The van der Waals surface area contributed by atoms with E-state index in [0.717, 1.165) is 6.42 Å². The highest BCUT2D eigenvalue weighted by molar-refractivity contribution is 4.99. The van der Waals surface area contributed by atoms with Gasteiger partial charge in [0.2, 0.25) is 0 Å². The Morgan fingerprint density at radius 3 is 1.70 bits per heavy atom. The van der Waals surface area contributed by atoms with E-state index in [2.05, 4.69) is 4.74 Å². The summed E-state index contributed by atoms with van der Waals surface area (Å²) in [6.45, 7) is 2.56. The third kappa shape index (κ3) is 6.72. The summed E-state index contributed by atoms with van der Waals surface area (Å²) in [7, 11) is 0. The van der Waals surface area contributed by atoms with Crippen LogP contribution in [0.15, 0.2) is 0 Å². The Hall–Kier alpha value is -0.710. The standard InChI is InChI=1S/C26H37F9O2/c1-13-2-7-22(36-12-13)14-8-18(27)23(19(28)9-14)15-10-20(29)24(21(30)11-15)26(34,35)37-17-5-3-16(4-6-17)25(31,32)33/h13-24H,2-12H2,1H3. The lowest BCUT2D eigenvalue weighted by Gasteiger charge is -2.46. The lowest BCUT2D eigenvalue weighted by molar-refractivity contribution is -0.322. The van der Waals surface area contributed by atoms with Gasteiger partial charge in [0.15, 0.2) is 0 Å². The van der Waals surface area contributed by atoms with Crippen LogP contribution in [0.4, 0.5) is 39.5 Å². The summed E-state index contributed by atoms with van der Waals surface area (Å²) in [6.07, 6.45) is -19.2. The van der Waals surface area contributed by atoms with Crippen LogP contribution in [0, 0.1) is 35.5 Å². The third-order valence-electron chi connectivity index (χ3n) is 9.18. The van der Waals surface area contributed by atoms with Crippen molar-refractivity contribution in [1.82, 2.24) is 0 Å². The monoisotopic (exact) mass is 552 g/mol. The summed E-state index contributed by atoms with van der Waals surface area (Å²) >= 11 is 0. The van der Waals surface area contributed by atoms with E-state index < -0.39 is 92.4 Å². The Morgan fingerprint density at radius 1 is 0.676 bits per heavy atom. The van der Waals surface area contributed by atoms with Crippen molar-refractivity contribution >= 4 is 0 Å². The third-order valence-corrected chi connectivity index (χ3v) is 9.18. The maximum absolute atomic E-state index is 15.2. The van der Waals surface area contributed by atoms with Crippen LogP contribution in [0.1, 0.15) is 71.1 Å². The van der Waals surface area contributed by atoms with Crippen LogP contribution in [0.2, 0.25) is 0 Å². The van der Waals surface area contributed by atoms with E-state index in [4.69, 9.17) is 4.74 Å². The van der Waals surface area contributed by atoms with Gasteiger partial charge in [-0.15, -0.1) is 0 Å². The van der Waals surface area contributed by atoms with Crippen molar-refractivity contribution in [1.29, 1.82) is 0 Å². The highest BCUT2D eigenvalue weighted by atomic mass is 19.4. The van der Waals surface area contributed by atoms with Crippen LogP contribution in [0.5, 0.6) is 0 Å². The average molecular weight is 553 g/mol. The van der Waals surface area contributed by atoms with Gasteiger partial charge in [-0.3, -0.25) is 0 Å². The summed E-state index contributed by atoms with van der Waals surface area (Å²) in [5.41, 5.74) is 0. The van der Waals surface area contributed by atoms with E-state index in [1.165, 1.54) is 0 Å². The van der Waals surface area contributed by atoms with Gasteiger partial charge in [0, 0.05) is 12.5 Å². The highest BCUT2D eigenvalue weighted by Crippen LogP contribution is 2.51. The second-order valence-corrected chi connectivity index (χ2v) is 11.9. The summed E-state index contributed by atoms with van der Waals surface area (Å²) in [5.74, 6) is -6.37. The predicted octanol–water partition coefficient (Wildman–Crippen LogP) is 7.94. The Kier molecular flexibility index (Phi) is 9.03. The van der Waals surface area contributed by atoms with Gasteiger partial charge >= 0.3 is 12.3 Å². The maximum atomic E-state index is 15.2. The summed E-state index contributed by atoms with van der Waals surface area (Å²) in [5, 5.41) is 0. The molecule has 3 aliphatic carbocycles. The lowest BCUT2D eigenvalue weighted by Crippen LogP contribution is -2.53. The van der Waals surface area contributed by atoms with Gasteiger partial charge in [-0.05, 0) is 82.0 Å². The van der Waals surface area contributed by atoms with E-state index in [-0.39, 0.29) is 37.7 Å². The molecule has 6 unspecified atom stereocenters. The molecule has 3 saturated carbocycles. The first-order valence-electron chi connectivity index (χ1n) is 13.6. The number of rotatable bonds is 5. The second-order valence-electron chi connectivity index (χ2n) is 11.9. The van der Waals surface area contributed by atoms with E-state index >= 15 is 17.6 Å². The summed E-state index contributed by atoms with van der Waals surface area (Å²) in [4.78, 5) is 0. The maximum Gasteiger partial charge on any atom is 0.391 e. The van der Waals surface area contributed by atoms with Crippen LogP contribution in [-0.4, -0.2) is 55.8 Å². The van der Waals surface area contributed by atoms with Crippen molar-refractivity contribution in [2.24, 2.45) is 35.5 Å². The summed E-state index contributed by atoms with van der Waals surface area (Å²) in [6, 6.07) is 0. The van der Waals surface area contributed by atoms with Gasteiger partial charge in [-0.2, -0.15) is 22.0 Å². The van der Waals surface area contributed by atoms with E-state index in [1.54, 1.807) is 0 Å². The molecule has 2 nitrogen and oxygen atoms in total. The zero-order chi connectivity index (χ0) is 27.1. The molecule has 11 heteroatoms. The Labute approximate surface area is 212 Å². The van der Waals surface area contributed by atoms with Crippen molar-refractivity contribution in [3.63, 3.8) is 0 Å². The molecule has 0 aromatic carbocycles. The molecule has 4 rings (SSSR count). The fraction of sp³-hybridized carbons (Fsp3) is 1.00. The van der Waals surface area contributed by atoms with Crippen LogP contribution in [0.25, 0.3) is 0 Å². The number of ether oxygens (including phenoxy) is 2. The molecule has 0 aromatic heterocycles. The molecule has 0 bridgehead atoms. The Morgan fingerprint density at radius 2 is 1.22 bits per heavy atom. The van der Waals surface area contributed by atoms with Crippen molar-refractivity contribution in [3.8, 4) is 0 Å². The minimum absolute atomic E-state index is 0.0117. The summed E-state index contributed by atoms with van der Waals surface area (Å²) < 4.78 is 139. The minimum Gasteiger partial charge on any atom is -0.378 e. The van der Waals surface area contributed by atoms with Crippen LogP contribution in [-0.2, 0) is 9.47 Å². The van der Waals surface area contributed by atoms with Crippen molar-refractivity contribution in [2.75, 3.05) is 6.61 Å². The number of hydrogen-bond acceptors (Lipinski definition) is 2. The molecule has 0 N–H and O–H groups in total. The Balaban J connectivity index is 1.33. The largest absolute Gasteiger partial charge is 0.391 e. The molecule has 0 aromatic rings. The molecule has 216 valence electrons. The van der Waals surface area contributed by atoms with Gasteiger partial charge in [0.1, 0.15) is 30.6 Å². The fourth-order valence-corrected chi connectivity index (χ4v) is 7.12. The second kappa shape index (κ2) is 11.4. The van der Waals surface area contributed by atoms with Gasteiger partial charge < -0.3 is 9.47 Å². The van der Waals surface area contributed by atoms with E-state index in [1.807, 2.05) is 6.92 Å². The van der Waals surface area contributed by atoms with Gasteiger partial charge in [0.05, 0.1) is 18.1 Å². The van der Waals surface area contributed by atoms with Crippen molar-refractivity contribution < 1.29 is 49.0 Å². The number of alkyl halides is 9. The van der Waals surface area contributed by atoms with Crippen LogP contribution in [0.3, 0.4) is 0 Å². The predicted molar refractivity (Wildman–Crippen MR) is 118 cm³/mol. The molecule has 1 saturated heterocycles. The molecule has 4 aliphatic rings. The van der Waals surface area contributed by atoms with Gasteiger partial charge in [0.25, 0.3) is 0 Å². The zero-order valence-corrected chi connectivity index (χ0v) is 20.9. The van der Waals surface area contributed by atoms with E-state index in [9.17, 15) is 22.0 Å².